The molecule has 140 valence electrons. The van der Waals surface area contributed by atoms with Crippen LogP contribution in [0.5, 0.6) is 0 Å². The van der Waals surface area contributed by atoms with Crippen LogP contribution in [-0.4, -0.2) is 37.4 Å². The molecule has 5 nitrogen and oxygen atoms in total. The first-order valence-electron chi connectivity index (χ1n) is 9.27. The minimum atomic E-state index is -0.528. The van der Waals surface area contributed by atoms with Gasteiger partial charge in [0.2, 0.25) is 0 Å². The number of rotatable bonds is 9. The molecule has 0 spiro atoms. The Labute approximate surface area is 146 Å². The second-order valence-electron chi connectivity index (χ2n) is 7.36. The molecule has 24 heavy (non-hydrogen) atoms. The van der Waals surface area contributed by atoms with E-state index in [0.29, 0.717) is 24.2 Å². The highest BCUT2D eigenvalue weighted by Crippen LogP contribution is 2.42. The van der Waals surface area contributed by atoms with Crippen molar-refractivity contribution in [3.05, 3.63) is 0 Å². The number of hydrogen-bond acceptors (Lipinski definition) is 5. The molecule has 3 unspecified atom stereocenters. The molecule has 0 bridgehead atoms. The second-order valence-corrected chi connectivity index (χ2v) is 7.36. The van der Waals surface area contributed by atoms with Crippen LogP contribution < -0.4 is 0 Å². The maximum absolute atomic E-state index is 11.6. The van der Waals surface area contributed by atoms with Gasteiger partial charge < -0.3 is 14.2 Å². The van der Waals surface area contributed by atoms with Crippen molar-refractivity contribution in [3.8, 4) is 0 Å². The monoisotopic (exact) mass is 342 g/mol. The van der Waals surface area contributed by atoms with Crippen LogP contribution in [-0.2, 0) is 23.8 Å². The van der Waals surface area contributed by atoms with Crippen LogP contribution in [0.3, 0.4) is 0 Å². The molecule has 0 saturated heterocycles. The zero-order chi connectivity index (χ0) is 18.2. The van der Waals surface area contributed by atoms with E-state index >= 15 is 0 Å². The Kier molecular flexibility index (Phi) is 8.74. The highest BCUT2D eigenvalue weighted by Gasteiger charge is 2.35. The molecule has 0 amide bonds. The fourth-order valence-electron chi connectivity index (χ4n) is 3.04. The van der Waals surface area contributed by atoms with Crippen LogP contribution in [0.15, 0.2) is 0 Å². The molecule has 0 aromatic heterocycles. The lowest BCUT2D eigenvalue weighted by molar-refractivity contribution is -0.165. The fraction of sp³-hybridized carbons (Fsp3) is 0.895. The molecule has 1 aliphatic rings. The van der Waals surface area contributed by atoms with Gasteiger partial charge >= 0.3 is 11.9 Å². The molecule has 1 aliphatic carbocycles. The molecular formula is C19H34O5. The molecule has 1 saturated carbocycles. The van der Waals surface area contributed by atoms with Gasteiger partial charge in [0.05, 0.1) is 12.7 Å². The van der Waals surface area contributed by atoms with E-state index in [4.69, 9.17) is 14.2 Å². The molecule has 0 aromatic rings. The number of carbonyl (C=O) groups excluding carboxylic acids is 2. The molecule has 0 aliphatic heterocycles. The minimum Gasteiger partial charge on any atom is -0.462 e. The SMILES string of the molecule is CCC(=O)OCC(COC1CCCC(C)(C(C)C)C1)OC(=O)CC. The molecule has 5 heteroatoms. The molecule has 0 radical (unpaired) electrons. The van der Waals surface area contributed by atoms with E-state index in [1.165, 1.54) is 6.42 Å². The predicted molar refractivity (Wildman–Crippen MR) is 92.6 cm³/mol. The van der Waals surface area contributed by atoms with Gasteiger partial charge in [-0.3, -0.25) is 9.59 Å². The van der Waals surface area contributed by atoms with Crippen molar-refractivity contribution in [2.75, 3.05) is 13.2 Å². The molecule has 3 atom stereocenters. The van der Waals surface area contributed by atoms with Gasteiger partial charge in [0.1, 0.15) is 6.61 Å². The Morgan fingerprint density at radius 2 is 1.79 bits per heavy atom. The lowest BCUT2D eigenvalue weighted by atomic mass is 9.67. The van der Waals surface area contributed by atoms with Crippen molar-refractivity contribution in [1.82, 2.24) is 0 Å². The van der Waals surface area contributed by atoms with E-state index in [9.17, 15) is 9.59 Å². The van der Waals surface area contributed by atoms with Crippen molar-refractivity contribution in [3.63, 3.8) is 0 Å². The van der Waals surface area contributed by atoms with E-state index < -0.39 is 6.10 Å². The predicted octanol–water partition coefficient (Wildman–Crippen LogP) is 3.88. The van der Waals surface area contributed by atoms with E-state index in [0.717, 1.165) is 19.3 Å². The summed E-state index contributed by atoms with van der Waals surface area (Å²) in [6.45, 7) is 10.7. The number of carbonyl (C=O) groups is 2. The third-order valence-corrected chi connectivity index (χ3v) is 5.19. The molecule has 0 N–H and O–H groups in total. The molecule has 1 fully saturated rings. The third-order valence-electron chi connectivity index (χ3n) is 5.19. The highest BCUT2D eigenvalue weighted by atomic mass is 16.6. The zero-order valence-corrected chi connectivity index (χ0v) is 15.9. The number of esters is 2. The summed E-state index contributed by atoms with van der Waals surface area (Å²) in [6, 6.07) is 0. The van der Waals surface area contributed by atoms with Crippen molar-refractivity contribution < 1.29 is 23.8 Å². The average molecular weight is 342 g/mol. The average Bonchev–Trinajstić information content (AvgIpc) is 2.56. The maximum atomic E-state index is 11.6. The van der Waals surface area contributed by atoms with Gasteiger partial charge in [0.15, 0.2) is 6.10 Å². The lowest BCUT2D eigenvalue weighted by Crippen LogP contribution is -2.37. The van der Waals surface area contributed by atoms with E-state index in [1.807, 2.05) is 0 Å². The first kappa shape index (κ1) is 20.9. The summed E-state index contributed by atoms with van der Waals surface area (Å²) in [5, 5.41) is 0. The summed E-state index contributed by atoms with van der Waals surface area (Å²) in [6.07, 6.45) is 4.70. The highest BCUT2D eigenvalue weighted by molar-refractivity contribution is 5.70. The van der Waals surface area contributed by atoms with Crippen LogP contribution in [0, 0.1) is 11.3 Å². The van der Waals surface area contributed by atoms with Gasteiger partial charge in [-0.1, -0.05) is 41.0 Å². The third kappa shape index (κ3) is 6.80. The Bertz CT molecular complexity index is 407. The quantitative estimate of drug-likeness (QED) is 0.595. The van der Waals surface area contributed by atoms with Crippen molar-refractivity contribution >= 4 is 11.9 Å². The minimum absolute atomic E-state index is 0.0621. The van der Waals surface area contributed by atoms with Crippen molar-refractivity contribution in [2.45, 2.75) is 85.4 Å². The Balaban J connectivity index is 2.53. The van der Waals surface area contributed by atoms with E-state index in [2.05, 4.69) is 20.8 Å². The van der Waals surface area contributed by atoms with Gasteiger partial charge in [-0.05, 0) is 30.6 Å². The van der Waals surface area contributed by atoms with Gasteiger partial charge in [0.25, 0.3) is 0 Å². The molecule has 0 heterocycles. The number of hydrogen-bond donors (Lipinski definition) is 0. The molecule has 1 rings (SSSR count). The Hall–Kier alpha value is -1.10. The standard InChI is InChI=1S/C19H34O5/c1-6-17(20)23-13-16(24-18(21)7-2)12-22-15-9-8-10-19(5,11-15)14(3)4/h14-16H,6-13H2,1-5H3. The van der Waals surface area contributed by atoms with Crippen LogP contribution >= 0.6 is 0 Å². The largest absolute Gasteiger partial charge is 0.462 e. The lowest BCUT2D eigenvalue weighted by Gasteiger charge is -2.41. The summed E-state index contributed by atoms with van der Waals surface area (Å²) >= 11 is 0. The first-order valence-corrected chi connectivity index (χ1v) is 9.27. The number of ether oxygens (including phenoxy) is 3. The summed E-state index contributed by atoms with van der Waals surface area (Å²) in [5.41, 5.74) is 0.299. The van der Waals surface area contributed by atoms with Crippen molar-refractivity contribution in [1.29, 1.82) is 0 Å². The maximum Gasteiger partial charge on any atom is 0.305 e. The Morgan fingerprint density at radius 3 is 2.38 bits per heavy atom. The summed E-state index contributed by atoms with van der Waals surface area (Å²) in [7, 11) is 0. The summed E-state index contributed by atoms with van der Waals surface area (Å²) in [4.78, 5) is 22.9. The van der Waals surface area contributed by atoms with Crippen LogP contribution in [0.4, 0.5) is 0 Å². The summed E-state index contributed by atoms with van der Waals surface area (Å²) < 4.78 is 16.5. The van der Waals surface area contributed by atoms with E-state index in [-0.39, 0.29) is 31.3 Å². The molecular weight excluding hydrogens is 308 g/mol. The van der Waals surface area contributed by atoms with Crippen LogP contribution in [0.1, 0.15) is 73.1 Å². The normalized spacial score (nSPS) is 25.3. The second kappa shape index (κ2) is 10.0. The first-order chi connectivity index (χ1) is 11.3. The van der Waals surface area contributed by atoms with Crippen molar-refractivity contribution in [2.24, 2.45) is 11.3 Å². The van der Waals surface area contributed by atoms with Gasteiger partial charge in [-0.2, -0.15) is 0 Å². The van der Waals surface area contributed by atoms with Crippen LogP contribution in [0.2, 0.25) is 0 Å². The smallest absolute Gasteiger partial charge is 0.305 e. The molecule has 0 aromatic carbocycles. The fourth-order valence-corrected chi connectivity index (χ4v) is 3.04. The summed E-state index contributed by atoms with van der Waals surface area (Å²) in [5.74, 6) is 0.0209. The Morgan fingerprint density at radius 1 is 1.12 bits per heavy atom. The van der Waals surface area contributed by atoms with E-state index in [1.54, 1.807) is 13.8 Å². The van der Waals surface area contributed by atoms with Gasteiger partial charge in [-0.15, -0.1) is 0 Å². The van der Waals surface area contributed by atoms with Gasteiger partial charge in [-0.25, -0.2) is 0 Å². The zero-order valence-electron chi connectivity index (χ0n) is 15.9. The van der Waals surface area contributed by atoms with Gasteiger partial charge in [0, 0.05) is 12.8 Å². The topological polar surface area (TPSA) is 61.8 Å². The van der Waals surface area contributed by atoms with Crippen LogP contribution in [0.25, 0.3) is 0 Å².